The van der Waals surface area contributed by atoms with E-state index in [9.17, 15) is 28.6 Å². The average Bonchev–Trinajstić information content (AvgIpc) is 3.20. The monoisotopic (exact) mass is 965 g/mol. The standard InChI is InChI=1S/C46H89N2O12P.2ClH/c1-7-9-11-13-15-17-19-21-23-25-27-29-43(49)55-33-39(59-44(50)30-28-26-24-22-20-18-16-14-12-10-8-2)35-57-61(53,54)58-36-40(60-46(52)42(48)32-38(5)6)34-56-45(51)41(47)31-37(3)4;;/h37-42H,7-36,47-48H2,1-6H3,(H,53,54);2*1H. The molecule has 0 saturated heterocycles. The predicted molar refractivity (Wildman–Crippen MR) is 255 cm³/mol. The van der Waals surface area contributed by atoms with Gasteiger partial charge in [0.1, 0.15) is 25.3 Å². The van der Waals surface area contributed by atoms with Gasteiger partial charge in [0, 0.05) is 12.8 Å². The lowest BCUT2D eigenvalue weighted by Crippen LogP contribution is -2.40. The Hall–Kier alpha value is -1.51. The molecular weight excluding hydrogens is 874 g/mol. The molecule has 0 amide bonds. The third-order valence-corrected chi connectivity index (χ3v) is 11.2. The molecule has 0 spiro atoms. The molecular formula is C46H91Cl2N2O12P. The molecule has 0 saturated carbocycles. The summed E-state index contributed by atoms with van der Waals surface area (Å²) in [5.41, 5.74) is 11.9. The highest BCUT2D eigenvalue weighted by Crippen LogP contribution is 2.43. The highest BCUT2D eigenvalue weighted by Gasteiger charge is 2.30. The molecule has 0 fully saturated rings. The van der Waals surface area contributed by atoms with Gasteiger partial charge in [-0.2, -0.15) is 0 Å². The first-order valence-corrected chi connectivity index (χ1v) is 25.4. The van der Waals surface area contributed by atoms with Crippen molar-refractivity contribution in [2.75, 3.05) is 26.4 Å². The fourth-order valence-electron chi connectivity index (χ4n) is 6.74. The van der Waals surface area contributed by atoms with Crippen molar-refractivity contribution in [3.05, 3.63) is 0 Å². The Morgan fingerprint density at radius 3 is 1.21 bits per heavy atom. The largest absolute Gasteiger partial charge is 0.472 e. The van der Waals surface area contributed by atoms with E-state index in [1.165, 1.54) is 89.9 Å². The summed E-state index contributed by atoms with van der Waals surface area (Å²) in [6.45, 7) is 9.79. The molecule has 0 heterocycles. The van der Waals surface area contributed by atoms with Crippen molar-refractivity contribution < 1.29 is 56.6 Å². The van der Waals surface area contributed by atoms with Gasteiger partial charge in [-0.05, 0) is 37.5 Å². The molecule has 63 heavy (non-hydrogen) atoms. The lowest BCUT2D eigenvalue weighted by molar-refractivity contribution is -0.163. The maximum atomic E-state index is 13.1. The molecule has 0 radical (unpaired) electrons. The molecule has 0 aliphatic heterocycles. The first-order valence-electron chi connectivity index (χ1n) is 23.9. The van der Waals surface area contributed by atoms with Gasteiger partial charge in [-0.15, -0.1) is 24.8 Å². The van der Waals surface area contributed by atoms with Gasteiger partial charge in [0.2, 0.25) is 0 Å². The molecule has 0 aromatic carbocycles. The Morgan fingerprint density at radius 1 is 0.476 bits per heavy atom. The van der Waals surface area contributed by atoms with Crippen LogP contribution < -0.4 is 11.5 Å². The highest BCUT2D eigenvalue weighted by atomic mass is 35.5. The summed E-state index contributed by atoms with van der Waals surface area (Å²) in [4.78, 5) is 61.3. The normalized spacial score (nSPS) is 14.1. The minimum absolute atomic E-state index is 0. The number of phosphoric ester groups is 1. The Balaban J connectivity index is -0.0000180. The minimum Gasteiger partial charge on any atom is -0.462 e. The van der Waals surface area contributed by atoms with E-state index in [2.05, 4.69) is 13.8 Å². The number of nitrogens with two attached hydrogens (primary N) is 2. The summed E-state index contributed by atoms with van der Waals surface area (Å²) in [7, 11) is -4.87. The molecule has 5 N–H and O–H groups in total. The van der Waals surface area contributed by atoms with Crippen molar-refractivity contribution >= 4 is 56.5 Å². The summed E-state index contributed by atoms with van der Waals surface area (Å²) in [5, 5.41) is 0. The number of carbonyl (C=O) groups excluding carboxylic acids is 4. The maximum absolute atomic E-state index is 13.1. The lowest BCUT2D eigenvalue weighted by Gasteiger charge is -2.23. The fraction of sp³-hybridized carbons (Fsp3) is 0.913. The van der Waals surface area contributed by atoms with Crippen molar-refractivity contribution in [3.8, 4) is 0 Å². The van der Waals surface area contributed by atoms with Crippen LogP contribution in [-0.2, 0) is 51.7 Å². The van der Waals surface area contributed by atoms with Gasteiger partial charge in [0.15, 0.2) is 12.2 Å². The number of hydrogen-bond acceptors (Lipinski definition) is 13. The first-order chi connectivity index (χ1) is 29.1. The molecule has 0 aliphatic carbocycles. The second-order valence-electron chi connectivity index (χ2n) is 17.6. The third kappa shape index (κ3) is 41.6. The summed E-state index contributed by atoms with van der Waals surface area (Å²) in [5.74, 6) is -2.34. The van der Waals surface area contributed by atoms with Crippen LogP contribution in [0.4, 0.5) is 0 Å². The van der Waals surface area contributed by atoms with Crippen molar-refractivity contribution in [2.24, 2.45) is 23.3 Å². The van der Waals surface area contributed by atoms with Crippen LogP contribution in [0.1, 0.15) is 208 Å². The van der Waals surface area contributed by atoms with E-state index >= 15 is 0 Å². The Kier molecular flexibility index (Phi) is 45.0. The number of esters is 4. The van der Waals surface area contributed by atoms with Crippen LogP contribution in [0.25, 0.3) is 0 Å². The second kappa shape index (κ2) is 43.1. The Labute approximate surface area is 394 Å². The molecule has 0 bridgehead atoms. The molecule has 14 nitrogen and oxygen atoms in total. The molecule has 0 aromatic rings. The van der Waals surface area contributed by atoms with Gasteiger partial charge >= 0.3 is 31.7 Å². The molecule has 0 rings (SSSR count). The number of halogens is 2. The van der Waals surface area contributed by atoms with Crippen molar-refractivity contribution in [1.29, 1.82) is 0 Å². The third-order valence-electron chi connectivity index (χ3n) is 10.3. The topological polar surface area (TPSA) is 213 Å². The van der Waals surface area contributed by atoms with Gasteiger partial charge < -0.3 is 35.3 Å². The number of hydrogen-bond donors (Lipinski definition) is 3. The van der Waals surface area contributed by atoms with E-state index in [0.717, 1.165) is 38.5 Å². The van der Waals surface area contributed by atoms with Gasteiger partial charge in [-0.25, -0.2) is 4.57 Å². The van der Waals surface area contributed by atoms with E-state index in [-0.39, 0.29) is 56.1 Å². The van der Waals surface area contributed by atoms with Crippen LogP contribution in [0, 0.1) is 11.8 Å². The van der Waals surface area contributed by atoms with Crippen LogP contribution in [0.15, 0.2) is 0 Å². The molecule has 5 atom stereocenters. The Bertz CT molecular complexity index is 1190. The lowest BCUT2D eigenvalue weighted by atomic mass is 10.0. The number of phosphoric acid groups is 1. The first kappa shape index (κ1) is 65.8. The smallest absolute Gasteiger partial charge is 0.462 e. The quantitative estimate of drug-likeness (QED) is 0.0225. The minimum atomic E-state index is -4.87. The molecule has 17 heteroatoms. The number of ether oxygens (including phenoxy) is 4. The highest BCUT2D eigenvalue weighted by molar-refractivity contribution is 7.47. The van der Waals surface area contributed by atoms with Gasteiger partial charge in [0.25, 0.3) is 0 Å². The zero-order valence-electron chi connectivity index (χ0n) is 40.0. The van der Waals surface area contributed by atoms with Gasteiger partial charge in [-0.1, -0.05) is 170 Å². The maximum Gasteiger partial charge on any atom is 0.472 e. The van der Waals surface area contributed by atoms with Gasteiger partial charge in [-0.3, -0.25) is 28.2 Å². The molecule has 0 aromatic heterocycles. The van der Waals surface area contributed by atoms with E-state index in [0.29, 0.717) is 25.7 Å². The van der Waals surface area contributed by atoms with E-state index < -0.39 is 75.8 Å². The van der Waals surface area contributed by atoms with Crippen LogP contribution in [0.5, 0.6) is 0 Å². The molecule has 5 unspecified atom stereocenters. The van der Waals surface area contributed by atoms with Crippen molar-refractivity contribution in [3.63, 3.8) is 0 Å². The molecule has 376 valence electrons. The van der Waals surface area contributed by atoms with E-state index in [4.69, 9.17) is 39.5 Å². The summed E-state index contributed by atoms with van der Waals surface area (Å²) < 4.78 is 45.1. The SMILES string of the molecule is CCCCCCCCCCCCCC(=O)OCC(COP(=O)(O)OCC(COC(=O)C(N)CC(C)C)OC(=O)C(N)CC(C)C)OC(=O)CCCCCCCCCCCCC.Cl.Cl. The zero-order chi connectivity index (χ0) is 45.7. The average molecular weight is 966 g/mol. The summed E-state index contributed by atoms with van der Waals surface area (Å²) >= 11 is 0. The van der Waals surface area contributed by atoms with Crippen LogP contribution >= 0.6 is 32.6 Å². The van der Waals surface area contributed by atoms with Crippen LogP contribution in [0.2, 0.25) is 0 Å². The molecule has 0 aliphatic rings. The number of unbranched alkanes of at least 4 members (excludes halogenated alkanes) is 20. The second-order valence-corrected chi connectivity index (χ2v) is 19.0. The predicted octanol–water partition coefficient (Wildman–Crippen LogP) is 11.0. The van der Waals surface area contributed by atoms with Crippen molar-refractivity contribution in [1.82, 2.24) is 0 Å². The number of rotatable bonds is 42. The van der Waals surface area contributed by atoms with Gasteiger partial charge in [0.05, 0.1) is 13.2 Å². The number of carbonyl (C=O) groups is 4. The van der Waals surface area contributed by atoms with Crippen molar-refractivity contribution in [2.45, 2.75) is 233 Å². The van der Waals surface area contributed by atoms with Crippen LogP contribution in [0.3, 0.4) is 0 Å². The van der Waals surface area contributed by atoms with Crippen LogP contribution in [-0.4, -0.2) is 79.5 Å². The fourth-order valence-corrected chi connectivity index (χ4v) is 7.52. The summed E-state index contributed by atoms with van der Waals surface area (Å²) in [6, 6.07) is -1.91. The Morgan fingerprint density at radius 2 is 0.810 bits per heavy atom. The zero-order valence-corrected chi connectivity index (χ0v) is 42.6. The van der Waals surface area contributed by atoms with E-state index in [1.54, 1.807) is 0 Å². The van der Waals surface area contributed by atoms with E-state index in [1.807, 2.05) is 27.7 Å². The summed E-state index contributed by atoms with van der Waals surface area (Å²) in [6.07, 6.45) is 23.5.